The zero-order valence-corrected chi connectivity index (χ0v) is 13.0. The van der Waals surface area contributed by atoms with Crippen LogP contribution in [0, 0.1) is 5.41 Å². The third kappa shape index (κ3) is 2.19. The number of amides is 1. The number of carbonyl (C=O) groups excluding carboxylic acids is 1. The fraction of sp³-hybridized carbons (Fsp3) is 0.933. The predicted octanol–water partition coefficient (Wildman–Crippen LogP) is 1.92. The molecule has 2 atom stereocenters. The maximum absolute atomic E-state index is 12.4. The molecule has 4 heteroatoms. The van der Waals surface area contributed by atoms with Gasteiger partial charge < -0.3 is 15.4 Å². The first-order chi connectivity index (χ1) is 8.65. The Bertz CT molecular complexity index is 376. The highest BCUT2D eigenvalue weighted by atomic mass is 16.5. The molecule has 0 spiro atoms. The van der Waals surface area contributed by atoms with Crippen LogP contribution in [0.3, 0.4) is 0 Å². The minimum atomic E-state index is -0.232. The van der Waals surface area contributed by atoms with Gasteiger partial charge in [0.25, 0.3) is 0 Å². The van der Waals surface area contributed by atoms with E-state index in [9.17, 15) is 4.79 Å². The van der Waals surface area contributed by atoms with Crippen LogP contribution in [0.15, 0.2) is 0 Å². The Morgan fingerprint density at radius 2 is 1.95 bits per heavy atom. The molecule has 0 aromatic heterocycles. The second-order valence-electron chi connectivity index (χ2n) is 7.27. The summed E-state index contributed by atoms with van der Waals surface area (Å²) < 4.78 is 5.62. The number of rotatable bonds is 4. The van der Waals surface area contributed by atoms with Gasteiger partial charge in [0.05, 0.1) is 5.60 Å². The third-order valence-electron chi connectivity index (χ3n) is 5.94. The summed E-state index contributed by atoms with van der Waals surface area (Å²) in [6.45, 7) is 6.48. The fourth-order valence-electron chi connectivity index (χ4n) is 3.48. The van der Waals surface area contributed by atoms with Crippen LogP contribution in [0.4, 0.5) is 0 Å². The molecular weight excluding hydrogens is 240 g/mol. The summed E-state index contributed by atoms with van der Waals surface area (Å²) in [5.41, 5.74) is 5.79. The van der Waals surface area contributed by atoms with Crippen molar-refractivity contribution >= 4 is 5.91 Å². The minimum Gasteiger partial charge on any atom is -0.378 e. The van der Waals surface area contributed by atoms with Gasteiger partial charge in [0.1, 0.15) is 0 Å². The molecule has 1 amide bonds. The SMILES string of the molecule is CO[C@@]1(C)C[C@H](N(C)C(=O)CC2(N)CCC2)C1(C)C. The lowest BCUT2D eigenvalue weighted by Gasteiger charge is -2.61. The molecule has 2 fully saturated rings. The summed E-state index contributed by atoms with van der Waals surface area (Å²) in [7, 11) is 3.66. The Hall–Kier alpha value is -0.610. The van der Waals surface area contributed by atoms with Crippen molar-refractivity contribution in [2.75, 3.05) is 14.2 Å². The maximum Gasteiger partial charge on any atom is 0.224 e. The van der Waals surface area contributed by atoms with Crippen LogP contribution in [0.2, 0.25) is 0 Å². The van der Waals surface area contributed by atoms with Gasteiger partial charge in [0.15, 0.2) is 0 Å². The fourth-order valence-corrected chi connectivity index (χ4v) is 3.48. The highest BCUT2D eigenvalue weighted by Crippen LogP contribution is 2.53. The zero-order chi connectivity index (χ0) is 14.5. The summed E-state index contributed by atoms with van der Waals surface area (Å²) in [5.74, 6) is 0.179. The number of hydrogen-bond acceptors (Lipinski definition) is 3. The highest BCUT2D eigenvalue weighted by molar-refractivity contribution is 5.78. The molecule has 0 heterocycles. The summed E-state index contributed by atoms with van der Waals surface area (Å²) in [6, 6.07) is 0.244. The van der Waals surface area contributed by atoms with Crippen LogP contribution in [0.1, 0.15) is 52.9 Å². The first-order valence-electron chi connectivity index (χ1n) is 7.25. The summed E-state index contributed by atoms with van der Waals surface area (Å²) in [5, 5.41) is 0. The van der Waals surface area contributed by atoms with Crippen molar-refractivity contribution < 1.29 is 9.53 Å². The van der Waals surface area contributed by atoms with Crippen molar-refractivity contribution in [2.45, 2.75) is 70.1 Å². The number of carbonyl (C=O) groups is 1. The quantitative estimate of drug-likeness (QED) is 0.847. The van der Waals surface area contributed by atoms with E-state index in [1.54, 1.807) is 7.11 Å². The van der Waals surface area contributed by atoms with E-state index in [2.05, 4.69) is 20.8 Å². The van der Waals surface area contributed by atoms with Crippen LogP contribution >= 0.6 is 0 Å². The number of ether oxygens (including phenoxy) is 1. The molecule has 2 N–H and O–H groups in total. The van der Waals surface area contributed by atoms with Crippen LogP contribution in [0.25, 0.3) is 0 Å². The van der Waals surface area contributed by atoms with Crippen LogP contribution < -0.4 is 5.73 Å². The average molecular weight is 268 g/mol. The monoisotopic (exact) mass is 268 g/mol. The van der Waals surface area contributed by atoms with Gasteiger partial charge >= 0.3 is 0 Å². The lowest BCUT2D eigenvalue weighted by Crippen LogP contribution is -2.69. The second kappa shape index (κ2) is 4.45. The highest BCUT2D eigenvalue weighted by Gasteiger charge is 2.60. The molecule has 0 radical (unpaired) electrons. The summed E-state index contributed by atoms with van der Waals surface area (Å²) in [4.78, 5) is 14.3. The third-order valence-corrected chi connectivity index (χ3v) is 5.94. The van der Waals surface area contributed by atoms with Crippen molar-refractivity contribution in [3.63, 3.8) is 0 Å². The van der Waals surface area contributed by atoms with E-state index in [1.807, 2.05) is 11.9 Å². The van der Waals surface area contributed by atoms with E-state index in [4.69, 9.17) is 10.5 Å². The van der Waals surface area contributed by atoms with Gasteiger partial charge in [-0.15, -0.1) is 0 Å². The Labute approximate surface area is 116 Å². The van der Waals surface area contributed by atoms with E-state index in [0.717, 1.165) is 25.7 Å². The Morgan fingerprint density at radius 1 is 1.37 bits per heavy atom. The van der Waals surface area contributed by atoms with Gasteiger partial charge in [-0.3, -0.25) is 4.79 Å². The van der Waals surface area contributed by atoms with Crippen molar-refractivity contribution in [2.24, 2.45) is 11.1 Å². The van der Waals surface area contributed by atoms with Crippen LogP contribution in [-0.2, 0) is 9.53 Å². The Kier molecular flexibility index (Phi) is 3.47. The van der Waals surface area contributed by atoms with Gasteiger partial charge in [-0.05, 0) is 32.6 Å². The summed E-state index contributed by atoms with van der Waals surface area (Å²) >= 11 is 0. The van der Waals surface area contributed by atoms with E-state index in [0.29, 0.717) is 6.42 Å². The largest absolute Gasteiger partial charge is 0.378 e. The van der Waals surface area contributed by atoms with Crippen molar-refractivity contribution in [3.05, 3.63) is 0 Å². The molecule has 2 saturated carbocycles. The normalized spacial score (nSPS) is 35.2. The van der Waals surface area contributed by atoms with Crippen molar-refractivity contribution in [1.82, 2.24) is 4.90 Å². The minimum absolute atomic E-state index is 0.0203. The molecular formula is C15H28N2O2. The van der Waals surface area contributed by atoms with Crippen molar-refractivity contribution in [1.29, 1.82) is 0 Å². The summed E-state index contributed by atoms with van der Waals surface area (Å²) in [6.07, 6.45) is 4.51. The number of nitrogens with two attached hydrogens (primary N) is 1. The molecule has 2 aliphatic carbocycles. The molecule has 0 aromatic rings. The lowest BCUT2D eigenvalue weighted by atomic mass is 9.55. The first-order valence-corrected chi connectivity index (χ1v) is 7.25. The van der Waals surface area contributed by atoms with Crippen molar-refractivity contribution in [3.8, 4) is 0 Å². The van der Waals surface area contributed by atoms with E-state index in [-0.39, 0.29) is 28.5 Å². The second-order valence-corrected chi connectivity index (χ2v) is 7.27. The molecule has 0 unspecified atom stereocenters. The van der Waals surface area contributed by atoms with Gasteiger partial charge in [-0.25, -0.2) is 0 Å². The standard InChI is InChI=1S/C15H28N2O2/c1-13(2)11(9-14(13,3)19-5)17(4)12(18)10-15(16)7-6-8-15/h11H,6-10,16H2,1-5H3/t11-,14-/m0/s1. The van der Waals surface area contributed by atoms with E-state index in [1.165, 1.54) is 0 Å². The molecule has 0 aliphatic heterocycles. The maximum atomic E-state index is 12.4. The van der Waals surface area contributed by atoms with Crippen LogP contribution in [0.5, 0.6) is 0 Å². The number of hydrogen-bond donors (Lipinski definition) is 1. The molecule has 4 nitrogen and oxygen atoms in total. The first kappa shape index (κ1) is 14.8. The zero-order valence-electron chi connectivity index (χ0n) is 13.0. The van der Waals surface area contributed by atoms with Crippen LogP contribution in [-0.4, -0.2) is 42.1 Å². The average Bonchev–Trinajstić information content (AvgIpc) is 2.32. The topological polar surface area (TPSA) is 55.6 Å². The van der Waals surface area contributed by atoms with Gasteiger partial charge in [-0.1, -0.05) is 13.8 Å². The van der Waals surface area contributed by atoms with Gasteiger partial charge in [-0.2, -0.15) is 0 Å². The molecule has 0 aromatic carbocycles. The Morgan fingerprint density at radius 3 is 2.32 bits per heavy atom. The predicted molar refractivity (Wildman–Crippen MR) is 75.8 cm³/mol. The molecule has 110 valence electrons. The number of nitrogens with zero attached hydrogens (tertiary/aromatic N) is 1. The van der Waals surface area contributed by atoms with E-state index >= 15 is 0 Å². The number of methoxy groups -OCH3 is 1. The Balaban J connectivity index is 1.98. The molecule has 19 heavy (non-hydrogen) atoms. The van der Waals surface area contributed by atoms with Gasteiger partial charge in [0, 0.05) is 37.6 Å². The molecule has 2 rings (SSSR count). The molecule has 2 aliphatic rings. The molecule has 0 bridgehead atoms. The smallest absolute Gasteiger partial charge is 0.224 e. The van der Waals surface area contributed by atoms with E-state index < -0.39 is 0 Å². The molecule has 0 saturated heterocycles. The lowest BCUT2D eigenvalue weighted by molar-refractivity contribution is -0.207. The van der Waals surface area contributed by atoms with Gasteiger partial charge in [0.2, 0.25) is 5.91 Å².